The Morgan fingerprint density at radius 3 is 2.81 bits per heavy atom. The van der Waals surface area contributed by atoms with Crippen molar-refractivity contribution < 1.29 is 9.26 Å². The van der Waals surface area contributed by atoms with Gasteiger partial charge in [0.05, 0.1) is 17.7 Å². The number of nitrogens with two attached hydrogens (primary N) is 1. The average Bonchev–Trinajstić information content (AvgIpc) is 3.18. The van der Waals surface area contributed by atoms with E-state index in [0.717, 1.165) is 37.2 Å². The molecule has 2 saturated carbocycles. The van der Waals surface area contributed by atoms with Gasteiger partial charge >= 0.3 is 0 Å². The Balaban J connectivity index is 1.60. The van der Waals surface area contributed by atoms with Crippen LogP contribution in [0.25, 0.3) is 11.5 Å². The fourth-order valence-corrected chi connectivity index (χ4v) is 2.58. The molecular weight excluding hydrogens is 266 g/mol. The lowest BCUT2D eigenvalue weighted by Gasteiger charge is -2.34. The van der Waals surface area contributed by atoms with Crippen molar-refractivity contribution in [2.24, 2.45) is 11.7 Å². The van der Waals surface area contributed by atoms with Crippen LogP contribution in [0.3, 0.4) is 0 Å². The van der Waals surface area contributed by atoms with Crippen LogP contribution in [0.2, 0.25) is 0 Å². The zero-order valence-electron chi connectivity index (χ0n) is 11.9. The van der Waals surface area contributed by atoms with Crippen molar-refractivity contribution in [2.45, 2.75) is 37.6 Å². The molecule has 2 aromatic rings. The van der Waals surface area contributed by atoms with E-state index in [0.29, 0.717) is 17.6 Å². The summed E-state index contributed by atoms with van der Waals surface area (Å²) < 4.78 is 11.3. The molecule has 0 spiro atoms. The second kappa shape index (κ2) is 4.84. The van der Waals surface area contributed by atoms with Gasteiger partial charge in [0.25, 0.3) is 5.89 Å². The molecule has 2 aliphatic rings. The predicted octanol–water partition coefficient (Wildman–Crippen LogP) is 2.86. The lowest BCUT2D eigenvalue weighted by Crippen LogP contribution is -2.44. The molecule has 110 valence electrons. The summed E-state index contributed by atoms with van der Waals surface area (Å²) in [6.07, 6.45) is 5.50. The fraction of sp³-hybridized carbons (Fsp3) is 0.500. The van der Waals surface area contributed by atoms with Gasteiger partial charge in [-0.2, -0.15) is 4.98 Å². The van der Waals surface area contributed by atoms with Gasteiger partial charge in [-0.25, -0.2) is 0 Å². The number of rotatable bonds is 5. The van der Waals surface area contributed by atoms with Gasteiger partial charge in [0, 0.05) is 0 Å². The van der Waals surface area contributed by atoms with E-state index in [-0.39, 0.29) is 0 Å². The summed E-state index contributed by atoms with van der Waals surface area (Å²) in [7, 11) is 0. The molecule has 0 amide bonds. The van der Waals surface area contributed by atoms with E-state index < -0.39 is 5.54 Å². The van der Waals surface area contributed by atoms with Crippen LogP contribution in [-0.4, -0.2) is 16.7 Å². The molecule has 2 aliphatic carbocycles. The second-order valence-electron chi connectivity index (χ2n) is 6.18. The van der Waals surface area contributed by atoms with Crippen LogP contribution >= 0.6 is 0 Å². The maximum absolute atomic E-state index is 6.24. The Labute approximate surface area is 123 Å². The van der Waals surface area contributed by atoms with Crippen LogP contribution in [0.5, 0.6) is 5.75 Å². The highest BCUT2D eigenvalue weighted by molar-refractivity contribution is 5.62. The Morgan fingerprint density at radius 2 is 2.10 bits per heavy atom. The van der Waals surface area contributed by atoms with Crippen molar-refractivity contribution in [2.75, 3.05) is 6.61 Å². The first-order chi connectivity index (χ1) is 10.2. The Kier molecular flexibility index (Phi) is 2.96. The molecule has 2 N–H and O–H groups in total. The molecule has 1 heterocycles. The zero-order chi connectivity index (χ0) is 14.3. The van der Waals surface area contributed by atoms with E-state index in [9.17, 15) is 0 Å². The number of hydrogen-bond donors (Lipinski definition) is 1. The summed E-state index contributed by atoms with van der Waals surface area (Å²) in [4.78, 5) is 4.49. The third-order valence-corrected chi connectivity index (χ3v) is 4.41. The van der Waals surface area contributed by atoms with Crippen molar-refractivity contribution in [1.29, 1.82) is 0 Å². The van der Waals surface area contributed by atoms with E-state index in [1.54, 1.807) is 0 Å². The lowest BCUT2D eigenvalue weighted by atomic mass is 9.77. The number of ether oxygens (including phenoxy) is 1. The highest BCUT2D eigenvalue weighted by Gasteiger charge is 2.39. The molecule has 0 unspecified atom stereocenters. The van der Waals surface area contributed by atoms with E-state index in [4.69, 9.17) is 15.0 Å². The minimum atomic E-state index is -0.397. The molecule has 2 fully saturated rings. The molecule has 5 nitrogen and oxygen atoms in total. The number of aromatic nitrogens is 2. The van der Waals surface area contributed by atoms with E-state index in [1.807, 2.05) is 24.3 Å². The van der Waals surface area contributed by atoms with E-state index >= 15 is 0 Å². The molecule has 4 rings (SSSR count). The number of nitrogens with zero attached hydrogens (tertiary/aromatic N) is 2. The van der Waals surface area contributed by atoms with Crippen LogP contribution in [0, 0.1) is 5.92 Å². The molecular formula is C16H19N3O2. The Morgan fingerprint density at radius 1 is 1.29 bits per heavy atom. The minimum absolute atomic E-state index is 0.397. The fourth-order valence-electron chi connectivity index (χ4n) is 2.58. The first kappa shape index (κ1) is 12.8. The maximum atomic E-state index is 6.24. The third-order valence-electron chi connectivity index (χ3n) is 4.41. The second-order valence-corrected chi connectivity index (χ2v) is 6.18. The lowest BCUT2D eigenvalue weighted by molar-refractivity contribution is 0.229. The quantitative estimate of drug-likeness (QED) is 0.914. The van der Waals surface area contributed by atoms with Crippen molar-refractivity contribution >= 4 is 0 Å². The summed E-state index contributed by atoms with van der Waals surface area (Å²) in [5.41, 5.74) is 6.69. The van der Waals surface area contributed by atoms with Gasteiger partial charge in [0.2, 0.25) is 0 Å². The Bertz CT molecular complexity index is 644. The third kappa shape index (κ3) is 2.42. The normalized spacial score (nSPS) is 20.0. The number of hydrogen-bond acceptors (Lipinski definition) is 5. The summed E-state index contributed by atoms with van der Waals surface area (Å²) in [5.74, 6) is 2.62. The first-order valence-corrected chi connectivity index (χ1v) is 7.60. The molecule has 5 heteroatoms. The maximum Gasteiger partial charge on any atom is 0.261 e. The Hall–Kier alpha value is -1.88. The van der Waals surface area contributed by atoms with Crippen LogP contribution in [0.4, 0.5) is 0 Å². The highest BCUT2D eigenvalue weighted by Crippen LogP contribution is 2.39. The molecule has 21 heavy (non-hydrogen) atoms. The molecule has 0 atom stereocenters. The summed E-state index contributed by atoms with van der Waals surface area (Å²) in [5, 5.41) is 4.07. The van der Waals surface area contributed by atoms with Crippen molar-refractivity contribution in [3.05, 3.63) is 30.1 Å². The molecule has 1 aromatic carbocycles. The predicted molar refractivity (Wildman–Crippen MR) is 77.7 cm³/mol. The smallest absolute Gasteiger partial charge is 0.261 e. The van der Waals surface area contributed by atoms with E-state index in [1.165, 1.54) is 12.8 Å². The monoisotopic (exact) mass is 285 g/mol. The summed E-state index contributed by atoms with van der Waals surface area (Å²) >= 11 is 0. The van der Waals surface area contributed by atoms with Crippen molar-refractivity contribution in [3.8, 4) is 17.2 Å². The van der Waals surface area contributed by atoms with Gasteiger partial charge in [-0.15, -0.1) is 0 Å². The molecule has 0 saturated heterocycles. The molecule has 0 aliphatic heterocycles. The van der Waals surface area contributed by atoms with Gasteiger partial charge < -0.3 is 15.0 Å². The van der Waals surface area contributed by atoms with Gasteiger partial charge in [0.1, 0.15) is 5.75 Å². The number of benzene rings is 1. The van der Waals surface area contributed by atoms with Crippen molar-refractivity contribution in [3.63, 3.8) is 0 Å². The zero-order valence-corrected chi connectivity index (χ0v) is 11.9. The van der Waals surface area contributed by atoms with Crippen LogP contribution in [-0.2, 0) is 5.54 Å². The van der Waals surface area contributed by atoms with Gasteiger partial charge in [-0.1, -0.05) is 17.3 Å². The SMILES string of the molecule is NC1(c2noc(-c3ccccc3OCC3CC3)n2)CCC1. The molecule has 0 bridgehead atoms. The minimum Gasteiger partial charge on any atom is -0.492 e. The molecule has 0 radical (unpaired) electrons. The summed E-state index contributed by atoms with van der Waals surface area (Å²) in [6.45, 7) is 0.763. The van der Waals surface area contributed by atoms with Crippen molar-refractivity contribution in [1.82, 2.24) is 10.1 Å². The van der Waals surface area contributed by atoms with Gasteiger partial charge in [0.15, 0.2) is 5.82 Å². The summed E-state index contributed by atoms with van der Waals surface area (Å²) in [6, 6.07) is 7.80. The highest BCUT2D eigenvalue weighted by atomic mass is 16.5. The first-order valence-electron chi connectivity index (χ1n) is 7.60. The van der Waals surface area contributed by atoms with Crippen LogP contribution < -0.4 is 10.5 Å². The van der Waals surface area contributed by atoms with Gasteiger partial charge in [-0.3, -0.25) is 0 Å². The molecule has 1 aromatic heterocycles. The number of para-hydroxylation sites is 1. The topological polar surface area (TPSA) is 74.2 Å². The van der Waals surface area contributed by atoms with Crippen LogP contribution in [0.15, 0.2) is 28.8 Å². The van der Waals surface area contributed by atoms with E-state index in [2.05, 4.69) is 10.1 Å². The van der Waals surface area contributed by atoms with Crippen LogP contribution in [0.1, 0.15) is 37.9 Å². The largest absolute Gasteiger partial charge is 0.492 e. The van der Waals surface area contributed by atoms with Gasteiger partial charge in [-0.05, 0) is 50.2 Å². The standard InChI is InChI=1S/C16H19N3O2/c17-16(8-3-9-16)15-18-14(21-19-15)12-4-1-2-5-13(12)20-10-11-6-7-11/h1-2,4-5,11H,3,6-10,17H2. The average molecular weight is 285 g/mol.